The van der Waals surface area contributed by atoms with E-state index in [-0.39, 0.29) is 23.8 Å². The molecule has 1 aromatic heterocycles. The average molecular weight is 569 g/mol. The van der Waals surface area contributed by atoms with E-state index in [1.54, 1.807) is 12.4 Å². The van der Waals surface area contributed by atoms with Gasteiger partial charge in [0.15, 0.2) is 8.32 Å². The predicted octanol–water partition coefficient (Wildman–Crippen LogP) is 6.12. The van der Waals surface area contributed by atoms with Crippen LogP contribution in [0.4, 0.5) is 4.79 Å². The maximum absolute atomic E-state index is 12.2. The molecule has 2 atom stereocenters. The van der Waals surface area contributed by atoms with Crippen LogP contribution in [0.3, 0.4) is 0 Å². The smallest absolute Gasteiger partial charge is 0.407 e. The molecule has 0 aliphatic carbocycles. The van der Waals surface area contributed by atoms with Crippen molar-refractivity contribution in [1.29, 1.82) is 0 Å². The summed E-state index contributed by atoms with van der Waals surface area (Å²) in [4.78, 5) is 17.9. The van der Waals surface area contributed by atoms with Crippen LogP contribution in [0.25, 0.3) is 0 Å². The second-order valence-corrected chi connectivity index (χ2v) is 15.9. The molecule has 0 fully saturated rings. The van der Waals surface area contributed by atoms with Gasteiger partial charge in [-0.2, -0.15) is 0 Å². The zero-order valence-corrected chi connectivity index (χ0v) is 22.6. The van der Waals surface area contributed by atoms with Crippen molar-refractivity contribution in [2.24, 2.45) is 0 Å². The molecule has 2 aromatic rings. The summed E-state index contributed by atoms with van der Waals surface area (Å²) in [5.74, 6) is 0.855. The highest BCUT2D eigenvalue weighted by atomic mass is 127. The van der Waals surface area contributed by atoms with Gasteiger partial charge < -0.3 is 19.2 Å². The van der Waals surface area contributed by atoms with E-state index in [0.717, 1.165) is 24.2 Å². The van der Waals surface area contributed by atoms with Gasteiger partial charge >= 0.3 is 6.09 Å². The molecular weight excluding hydrogens is 535 g/mol. The summed E-state index contributed by atoms with van der Waals surface area (Å²) in [5, 5.41) is 10.0. The molecule has 0 spiro atoms. The van der Waals surface area contributed by atoms with Crippen LogP contribution in [0.1, 0.15) is 44.4 Å². The summed E-state index contributed by atoms with van der Waals surface area (Å²) in [6.07, 6.45) is 3.64. The number of ether oxygens (including phenoxy) is 1. The van der Waals surface area contributed by atoms with Gasteiger partial charge in [-0.15, -0.1) is 0 Å². The molecule has 1 N–H and O–H groups in total. The number of hydrogen-bond donors (Lipinski definition) is 1. The van der Waals surface area contributed by atoms with E-state index >= 15 is 0 Å². The number of carboxylic acid groups (broad SMARTS) is 1. The predicted molar refractivity (Wildman–Crippen MR) is 137 cm³/mol. The maximum Gasteiger partial charge on any atom is 0.407 e. The number of nitrogens with zero attached hydrogens (tertiary/aromatic N) is 2. The Morgan fingerprint density at radius 1 is 1.38 bits per heavy atom. The lowest BCUT2D eigenvalue weighted by Gasteiger charge is -2.40. The van der Waals surface area contributed by atoms with E-state index in [4.69, 9.17) is 9.16 Å². The minimum atomic E-state index is -2.14. The van der Waals surface area contributed by atoms with Gasteiger partial charge in [-0.1, -0.05) is 26.8 Å². The van der Waals surface area contributed by atoms with Crippen molar-refractivity contribution in [2.45, 2.75) is 64.0 Å². The quantitative estimate of drug-likeness (QED) is 0.322. The summed E-state index contributed by atoms with van der Waals surface area (Å²) < 4.78 is 14.0. The third-order valence-electron chi connectivity index (χ3n) is 6.43. The number of halogens is 1. The fourth-order valence-electron chi connectivity index (χ4n) is 3.53. The zero-order valence-electron chi connectivity index (χ0n) is 19.5. The van der Waals surface area contributed by atoms with Crippen LogP contribution in [0.2, 0.25) is 18.1 Å². The van der Waals surface area contributed by atoms with Crippen molar-refractivity contribution in [3.63, 3.8) is 0 Å². The average Bonchev–Trinajstić information content (AvgIpc) is 2.72. The van der Waals surface area contributed by atoms with Crippen molar-refractivity contribution >= 4 is 37.0 Å². The van der Waals surface area contributed by atoms with E-state index in [2.05, 4.69) is 67.5 Å². The first kappa shape index (κ1) is 25.0. The number of pyridine rings is 1. The molecule has 3 rings (SSSR count). The lowest BCUT2D eigenvalue weighted by molar-refractivity contribution is 0.0688. The van der Waals surface area contributed by atoms with Crippen molar-refractivity contribution in [3.8, 4) is 5.75 Å². The Morgan fingerprint density at radius 3 is 2.75 bits per heavy atom. The van der Waals surface area contributed by atoms with E-state index in [0.29, 0.717) is 6.54 Å². The van der Waals surface area contributed by atoms with Crippen LogP contribution in [-0.4, -0.2) is 48.6 Å². The van der Waals surface area contributed by atoms with Gasteiger partial charge in [0.1, 0.15) is 11.9 Å². The molecule has 0 saturated heterocycles. The fraction of sp³-hybridized carbons (Fsp3) is 0.500. The highest BCUT2D eigenvalue weighted by Gasteiger charge is 2.40. The minimum absolute atomic E-state index is 0.00914. The number of amides is 1. The van der Waals surface area contributed by atoms with E-state index in [1.807, 2.05) is 24.3 Å². The van der Waals surface area contributed by atoms with Gasteiger partial charge in [-0.25, -0.2) is 4.79 Å². The van der Waals surface area contributed by atoms with Crippen molar-refractivity contribution in [3.05, 3.63) is 57.4 Å². The first-order valence-electron chi connectivity index (χ1n) is 11.0. The van der Waals surface area contributed by atoms with Gasteiger partial charge in [0, 0.05) is 16.0 Å². The van der Waals surface area contributed by atoms with Gasteiger partial charge in [-0.3, -0.25) is 4.98 Å². The van der Waals surface area contributed by atoms with Crippen LogP contribution >= 0.6 is 22.6 Å². The normalized spacial score (nSPS) is 17.2. The van der Waals surface area contributed by atoms with Crippen LogP contribution in [0.15, 0.2) is 42.7 Å². The Hall–Kier alpha value is -1.65. The van der Waals surface area contributed by atoms with Crippen LogP contribution < -0.4 is 4.74 Å². The number of fused-ring (bicyclic) bond motifs is 1. The molecule has 1 amide bonds. The standard InChI is InChI=1S/C24H33IN2O4Si/c1-24(2,3)32(4,5)31-22(18-7-6-12-26-14-18)16-27(23(28)29)15-20-10-8-17-13-19(25)9-11-21(17)30-20/h6-7,9,11-14,20,22H,8,10,15-16H2,1-5H3,(H,28,29)/t20-,22?/m0/s1. The zero-order chi connectivity index (χ0) is 23.5. The van der Waals surface area contributed by atoms with Gasteiger partial charge in [0.25, 0.3) is 0 Å². The summed E-state index contributed by atoms with van der Waals surface area (Å²) >= 11 is 2.30. The maximum atomic E-state index is 12.2. The van der Waals surface area contributed by atoms with Gasteiger partial charge in [0.2, 0.25) is 0 Å². The Bertz CT molecular complexity index is 933. The molecule has 8 heteroatoms. The SMILES string of the molecule is CC(C)(C)[Si](C)(C)OC(CN(C[C@@H]1CCc2cc(I)ccc2O1)C(=O)O)c1cccnc1. The van der Waals surface area contributed by atoms with E-state index < -0.39 is 14.4 Å². The number of carbonyl (C=O) groups is 1. The molecule has 1 aromatic carbocycles. The fourth-order valence-corrected chi connectivity index (χ4v) is 5.36. The van der Waals surface area contributed by atoms with Crippen LogP contribution in [-0.2, 0) is 10.8 Å². The second kappa shape index (κ2) is 10.1. The molecular formula is C24H33IN2O4Si. The summed E-state index contributed by atoms with van der Waals surface area (Å²) in [7, 11) is -2.14. The molecule has 32 heavy (non-hydrogen) atoms. The third-order valence-corrected chi connectivity index (χ3v) is 11.6. The molecule has 174 valence electrons. The van der Waals surface area contributed by atoms with Gasteiger partial charge in [0.05, 0.1) is 19.2 Å². The Morgan fingerprint density at radius 2 is 2.12 bits per heavy atom. The minimum Gasteiger partial charge on any atom is -0.488 e. The Labute approximate surface area is 205 Å². The van der Waals surface area contributed by atoms with Crippen molar-refractivity contribution in [1.82, 2.24) is 9.88 Å². The molecule has 1 unspecified atom stereocenters. The summed E-state index contributed by atoms with van der Waals surface area (Å²) in [5.41, 5.74) is 2.08. The summed E-state index contributed by atoms with van der Waals surface area (Å²) in [6.45, 7) is 11.5. The monoisotopic (exact) mass is 568 g/mol. The number of benzene rings is 1. The highest BCUT2D eigenvalue weighted by Crippen LogP contribution is 2.40. The molecule has 6 nitrogen and oxygen atoms in total. The molecule has 2 heterocycles. The number of aromatic nitrogens is 1. The molecule has 0 radical (unpaired) electrons. The number of aryl methyl sites for hydroxylation is 1. The van der Waals surface area contributed by atoms with Gasteiger partial charge in [-0.05, 0) is 89.0 Å². The summed E-state index contributed by atoms with van der Waals surface area (Å²) in [6, 6.07) is 9.95. The topological polar surface area (TPSA) is 71.9 Å². The Balaban J connectivity index is 1.78. The van der Waals surface area contributed by atoms with E-state index in [1.165, 1.54) is 14.0 Å². The first-order valence-corrected chi connectivity index (χ1v) is 15.0. The lowest BCUT2D eigenvalue weighted by atomic mass is 10.0. The highest BCUT2D eigenvalue weighted by molar-refractivity contribution is 14.1. The molecule has 1 aliphatic heterocycles. The lowest BCUT2D eigenvalue weighted by Crippen LogP contribution is -2.46. The van der Waals surface area contributed by atoms with Crippen molar-refractivity contribution in [2.75, 3.05) is 13.1 Å². The molecule has 0 bridgehead atoms. The number of hydrogen-bond acceptors (Lipinski definition) is 4. The van der Waals surface area contributed by atoms with Crippen LogP contribution in [0.5, 0.6) is 5.75 Å². The number of rotatable bonds is 7. The van der Waals surface area contributed by atoms with E-state index in [9.17, 15) is 9.90 Å². The molecule has 1 aliphatic rings. The Kier molecular flexibility index (Phi) is 7.88. The van der Waals surface area contributed by atoms with Crippen LogP contribution in [0, 0.1) is 3.57 Å². The largest absolute Gasteiger partial charge is 0.488 e. The molecule has 0 saturated carbocycles. The third kappa shape index (κ3) is 6.23. The first-order chi connectivity index (χ1) is 15.0. The van der Waals surface area contributed by atoms with Crippen molar-refractivity contribution < 1.29 is 19.1 Å². The second-order valence-electron chi connectivity index (χ2n) is 9.87.